The lowest BCUT2D eigenvalue weighted by molar-refractivity contribution is -0.115. The van der Waals surface area contributed by atoms with E-state index in [1.54, 1.807) is 0 Å². The van der Waals surface area contributed by atoms with E-state index in [0.29, 0.717) is 11.3 Å². The number of carbonyl (C=O) groups is 1. The summed E-state index contributed by atoms with van der Waals surface area (Å²) in [5, 5.41) is 10.9. The Bertz CT molecular complexity index is 491. The Hall–Kier alpha value is -1.96. The standard InChI is InChI=1S/C11H8F2N2O/c12-11(13,3-4-14)8-1-2-9-7(5-8)6-10(16)15-9/h1-2,5H,3,6H2,(H,15,16). The SMILES string of the molecule is N#CCC(F)(F)c1ccc2c(c1)CC(=O)N2. The molecule has 3 nitrogen and oxygen atoms in total. The van der Waals surface area contributed by atoms with Crippen molar-refractivity contribution in [3.8, 4) is 6.07 Å². The van der Waals surface area contributed by atoms with Gasteiger partial charge in [0.25, 0.3) is 5.92 Å². The lowest BCUT2D eigenvalue weighted by Gasteiger charge is -2.13. The van der Waals surface area contributed by atoms with Gasteiger partial charge in [-0.15, -0.1) is 0 Å². The second-order valence-electron chi connectivity index (χ2n) is 3.64. The van der Waals surface area contributed by atoms with Gasteiger partial charge >= 0.3 is 0 Å². The summed E-state index contributed by atoms with van der Waals surface area (Å²) < 4.78 is 26.8. The Morgan fingerprint density at radius 3 is 2.94 bits per heavy atom. The van der Waals surface area contributed by atoms with Gasteiger partial charge in [0, 0.05) is 11.3 Å². The first-order valence-electron chi connectivity index (χ1n) is 4.71. The predicted octanol–water partition coefficient (Wildman–Crippen LogP) is 2.19. The maximum absolute atomic E-state index is 13.4. The third kappa shape index (κ3) is 1.74. The number of rotatable bonds is 2. The summed E-state index contributed by atoms with van der Waals surface area (Å²) in [6.07, 6.45) is -0.737. The van der Waals surface area contributed by atoms with E-state index in [9.17, 15) is 13.6 Å². The minimum atomic E-state index is -3.16. The Morgan fingerprint density at radius 2 is 2.25 bits per heavy atom. The van der Waals surface area contributed by atoms with Crippen LogP contribution in [0.1, 0.15) is 17.5 Å². The minimum absolute atomic E-state index is 0.117. The van der Waals surface area contributed by atoms with Crippen LogP contribution in [0.3, 0.4) is 0 Å². The Balaban J connectivity index is 2.36. The molecule has 1 N–H and O–H groups in total. The second-order valence-corrected chi connectivity index (χ2v) is 3.64. The zero-order valence-corrected chi connectivity index (χ0v) is 8.26. The van der Waals surface area contributed by atoms with E-state index in [4.69, 9.17) is 5.26 Å². The van der Waals surface area contributed by atoms with Gasteiger partial charge in [-0.2, -0.15) is 5.26 Å². The number of hydrogen-bond acceptors (Lipinski definition) is 2. The number of anilines is 1. The van der Waals surface area contributed by atoms with Crippen molar-refractivity contribution in [3.05, 3.63) is 29.3 Å². The number of nitrogens with one attached hydrogen (secondary N) is 1. The van der Waals surface area contributed by atoms with Crippen molar-refractivity contribution in [1.29, 1.82) is 5.26 Å². The number of halogens is 2. The minimum Gasteiger partial charge on any atom is -0.326 e. The molecular weight excluding hydrogens is 214 g/mol. The van der Waals surface area contributed by atoms with Crippen LogP contribution in [0.4, 0.5) is 14.5 Å². The summed E-state index contributed by atoms with van der Waals surface area (Å²) >= 11 is 0. The van der Waals surface area contributed by atoms with E-state index in [1.807, 2.05) is 0 Å². The first kappa shape index (κ1) is 10.6. The van der Waals surface area contributed by atoms with Gasteiger partial charge in [0.2, 0.25) is 5.91 Å². The third-order valence-corrected chi connectivity index (χ3v) is 2.45. The zero-order chi connectivity index (χ0) is 11.8. The highest BCUT2D eigenvalue weighted by Gasteiger charge is 2.32. The fourth-order valence-electron chi connectivity index (χ4n) is 1.66. The number of fused-ring (bicyclic) bond motifs is 1. The van der Waals surface area contributed by atoms with Crippen molar-refractivity contribution >= 4 is 11.6 Å². The fourth-order valence-corrected chi connectivity index (χ4v) is 1.66. The van der Waals surface area contributed by atoms with Crippen LogP contribution >= 0.6 is 0 Å². The Labute approximate surface area is 90.7 Å². The molecule has 0 radical (unpaired) electrons. The number of carbonyl (C=O) groups excluding carboxylic acids is 1. The topological polar surface area (TPSA) is 52.9 Å². The van der Waals surface area contributed by atoms with Gasteiger partial charge in [0.1, 0.15) is 6.42 Å². The number of alkyl halides is 2. The van der Waals surface area contributed by atoms with Gasteiger partial charge < -0.3 is 5.32 Å². The average molecular weight is 222 g/mol. The summed E-state index contributed by atoms with van der Waals surface area (Å²) in [4.78, 5) is 11.0. The van der Waals surface area contributed by atoms with Crippen LogP contribution in [-0.2, 0) is 17.1 Å². The first-order chi connectivity index (χ1) is 7.53. The molecule has 0 bridgehead atoms. The van der Waals surface area contributed by atoms with E-state index in [-0.39, 0.29) is 17.9 Å². The van der Waals surface area contributed by atoms with Crippen LogP contribution in [0.5, 0.6) is 0 Å². The largest absolute Gasteiger partial charge is 0.326 e. The van der Waals surface area contributed by atoms with Crippen LogP contribution in [0.25, 0.3) is 0 Å². The molecule has 0 fully saturated rings. The van der Waals surface area contributed by atoms with Crippen molar-refractivity contribution in [1.82, 2.24) is 0 Å². The van der Waals surface area contributed by atoms with Crippen LogP contribution in [0.15, 0.2) is 18.2 Å². The summed E-state index contributed by atoms with van der Waals surface area (Å²) in [5.41, 5.74) is 0.908. The summed E-state index contributed by atoms with van der Waals surface area (Å²) in [7, 11) is 0. The molecule has 0 aliphatic carbocycles. The molecule has 16 heavy (non-hydrogen) atoms. The van der Waals surface area contributed by atoms with Crippen LogP contribution in [0.2, 0.25) is 0 Å². The third-order valence-electron chi connectivity index (χ3n) is 2.45. The number of nitriles is 1. The molecule has 0 aromatic heterocycles. The maximum atomic E-state index is 13.4. The molecule has 0 saturated heterocycles. The molecule has 5 heteroatoms. The predicted molar refractivity (Wildman–Crippen MR) is 52.9 cm³/mol. The molecule has 0 spiro atoms. The van der Waals surface area contributed by atoms with E-state index in [1.165, 1.54) is 24.3 Å². The van der Waals surface area contributed by atoms with Crippen molar-refractivity contribution in [3.63, 3.8) is 0 Å². The number of benzene rings is 1. The smallest absolute Gasteiger partial charge is 0.286 e. The van der Waals surface area contributed by atoms with E-state index in [2.05, 4.69) is 5.32 Å². The lowest BCUT2D eigenvalue weighted by atomic mass is 10.0. The molecule has 1 heterocycles. The lowest BCUT2D eigenvalue weighted by Crippen LogP contribution is -2.12. The highest BCUT2D eigenvalue weighted by atomic mass is 19.3. The normalized spacial score (nSPS) is 14.2. The molecule has 0 unspecified atom stereocenters. The summed E-state index contributed by atoms with van der Waals surface area (Å²) in [6, 6.07) is 5.42. The molecule has 82 valence electrons. The van der Waals surface area contributed by atoms with Gasteiger partial charge in [-0.3, -0.25) is 4.79 Å². The molecular formula is C11H8F2N2O. The van der Waals surface area contributed by atoms with Gasteiger partial charge in [-0.05, 0) is 17.7 Å². The molecule has 1 aliphatic heterocycles. The number of amides is 1. The molecule has 1 aromatic rings. The van der Waals surface area contributed by atoms with E-state index >= 15 is 0 Å². The quantitative estimate of drug-likeness (QED) is 0.833. The molecule has 1 amide bonds. The van der Waals surface area contributed by atoms with Crippen molar-refractivity contribution in [2.75, 3.05) is 5.32 Å². The highest BCUT2D eigenvalue weighted by Crippen LogP contribution is 2.34. The molecule has 1 aromatic carbocycles. The number of nitrogens with zero attached hydrogens (tertiary/aromatic N) is 1. The Kier molecular flexibility index (Phi) is 2.35. The van der Waals surface area contributed by atoms with Crippen molar-refractivity contribution in [2.24, 2.45) is 0 Å². The molecule has 0 saturated carbocycles. The fraction of sp³-hybridized carbons (Fsp3) is 0.273. The molecule has 0 atom stereocenters. The van der Waals surface area contributed by atoms with Crippen LogP contribution in [-0.4, -0.2) is 5.91 Å². The van der Waals surface area contributed by atoms with E-state index in [0.717, 1.165) is 0 Å². The van der Waals surface area contributed by atoms with Gasteiger partial charge in [-0.1, -0.05) is 6.07 Å². The van der Waals surface area contributed by atoms with Crippen molar-refractivity contribution < 1.29 is 13.6 Å². The molecule has 1 aliphatic rings. The van der Waals surface area contributed by atoms with E-state index < -0.39 is 12.3 Å². The van der Waals surface area contributed by atoms with Gasteiger partial charge in [0.05, 0.1) is 12.5 Å². The Morgan fingerprint density at radius 1 is 1.50 bits per heavy atom. The van der Waals surface area contributed by atoms with Gasteiger partial charge in [-0.25, -0.2) is 8.78 Å². The average Bonchev–Trinajstić information content (AvgIpc) is 2.56. The van der Waals surface area contributed by atoms with Gasteiger partial charge in [0.15, 0.2) is 0 Å². The van der Waals surface area contributed by atoms with Crippen molar-refractivity contribution in [2.45, 2.75) is 18.8 Å². The van der Waals surface area contributed by atoms with Crippen LogP contribution in [0, 0.1) is 11.3 Å². The number of hydrogen-bond donors (Lipinski definition) is 1. The maximum Gasteiger partial charge on any atom is 0.286 e. The first-order valence-corrected chi connectivity index (χ1v) is 4.71. The monoisotopic (exact) mass is 222 g/mol. The van der Waals surface area contributed by atoms with Crippen LogP contribution < -0.4 is 5.32 Å². The zero-order valence-electron chi connectivity index (χ0n) is 8.26. The highest BCUT2D eigenvalue weighted by molar-refractivity contribution is 5.99. The summed E-state index contributed by atoms with van der Waals surface area (Å²) in [6.45, 7) is 0. The summed E-state index contributed by atoms with van der Waals surface area (Å²) in [5.74, 6) is -3.36. The second kappa shape index (κ2) is 3.56. The molecule has 2 rings (SSSR count).